The molecule has 1 saturated heterocycles. The molecule has 0 saturated carbocycles. The smallest absolute Gasteiger partial charge is 0.254 e. The van der Waals surface area contributed by atoms with Crippen LogP contribution >= 0.6 is 0 Å². The molecule has 0 bridgehead atoms. The van der Waals surface area contributed by atoms with E-state index in [-0.39, 0.29) is 11.8 Å². The predicted molar refractivity (Wildman–Crippen MR) is 132 cm³/mol. The van der Waals surface area contributed by atoms with Gasteiger partial charge in [-0.25, -0.2) is 4.52 Å². The molecule has 0 spiro atoms. The predicted octanol–water partition coefficient (Wildman–Crippen LogP) is 3.98. The number of benzene rings is 1. The van der Waals surface area contributed by atoms with E-state index in [4.69, 9.17) is 4.74 Å². The van der Waals surface area contributed by atoms with Crippen molar-refractivity contribution in [2.45, 2.75) is 19.9 Å². The van der Waals surface area contributed by atoms with E-state index >= 15 is 0 Å². The molecule has 34 heavy (non-hydrogen) atoms. The van der Waals surface area contributed by atoms with Gasteiger partial charge in [0.15, 0.2) is 0 Å². The van der Waals surface area contributed by atoms with Crippen LogP contribution in [0.5, 0.6) is 0 Å². The molecule has 1 atom stereocenters. The van der Waals surface area contributed by atoms with Gasteiger partial charge in [-0.1, -0.05) is 18.2 Å². The highest BCUT2D eigenvalue weighted by molar-refractivity contribution is 5.95. The number of hydrogen-bond acceptors (Lipinski definition) is 5. The Labute approximate surface area is 199 Å². The second-order valence-corrected chi connectivity index (χ2v) is 8.84. The van der Waals surface area contributed by atoms with E-state index in [0.29, 0.717) is 38.4 Å². The van der Waals surface area contributed by atoms with Crippen LogP contribution in [0.1, 0.15) is 27.0 Å². The van der Waals surface area contributed by atoms with E-state index in [2.05, 4.69) is 21.5 Å². The van der Waals surface area contributed by atoms with Crippen LogP contribution in [0, 0.1) is 12.8 Å². The molecular weight excluding hydrogens is 426 g/mol. The highest BCUT2D eigenvalue weighted by atomic mass is 16.5. The summed E-state index contributed by atoms with van der Waals surface area (Å²) in [6, 6.07) is 16.0. The van der Waals surface area contributed by atoms with Crippen molar-refractivity contribution in [3.05, 3.63) is 95.6 Å². The van der Waals surface area contributed by atoms with Crippen LogP contribution in [-0.2, 0) is 17.7 Å². The molecule has 7 heteroatoms. The third-order valence-corrected chi connectivity index (χ3v) is 6.35. The largest absolute Gasteiger partial charge is 0.381 e. The van der Waals surface area contributed by atoms with Crippen LogP contribution in [-0.4, -0.2) is 51.7 Å². The molecule has 7 nitrogen and oxygen atoms in total. The first-order valence-corrected chi connectivity index (χ1v) is 11.7. The first-order valence-electron chi connectivity index (χ1n) is 11.7. The molecule has 174 valence electrons. The van der Waals surface area contributed by atoms with Crippen LogP contribution in [0.4, 0.5) is 5.69 Å². The fourth-order valence-corrected chi connectivity index (χ4v) is 4.51. The number of rotatable bonds is 6. The maximum absolute atomic E-state index is 13.5. The van der Waals surface area contributed by atoms with E-state index in [1.165, 1.54) is 5.56 Å². The Kier molecular flexibility index (Phi) is 6.53. The van der Waals surface area contributed by atoms with Gasteiger partial charge in [-0.2, -0.15) is 5.10 Å². The summed E-state index contributed by atoms with van der Waals surface area (Å²) in [6.45, 7) is 5.17. The number of fused-ring (bicyclic) bond motifs is 1. The number of carbonyl (C=O) groups excluding carboxylic acids is 1. The Morgan fingerprint density at radius 3 is 3.00 bits per heavy atom. The van der Waals surface area contributed by atoms with Gasteiger partial charge in [-0.15, -0.1) is 0 Å². The summed E-state index contributed by atoms with van der Waals surface area (Å²) in [5.41, 5.74) is 6.18. The normalized spacial score (nSPS) is 16.4. The highest BCUT2D eigenvalue weighted by Gasteiger charge is 2.24. The first-order chi connectivity index (χ1) is 16.7. The quantitative estimate of drug-likeness (QED) is 0.476. The van der Waals surface area contributed by atoms with Gasteiger partial charge < -0.3 is 15.0 Å². The van der Waals surface area contributed by atoms with Crippen molar-refractivity contribution in [3.63, 3.8) is 0 Å². The Bertz CT molecular complexity index is 1270. The van der Waals surface area contributed by atoms with Gasteiger partial charge in [-0.3, -0.25) is 9.78 Å². The van der Waals surface area contributed by atoms with E-state index in [9.17, 15) is 4.79 Å². The van der Waals surface area contributed by atoms with E-state index < -0.39 is 0 Å². The molecule has 1 aromatic carbocycles. The molecule has 4 aromatic rings. The van der Waals surface area contributed by atoms with E-state index in [1.807, 2.05) is 77.4 Å². The number of aryl methyl sites for hydroxylation is 1. The standard InChI is InChI=1S/C27H29N5O2/c1-20-6-7-24(15-25(20)29-17-21-4-2-9-28-16-21)27(33)31-12-13-34-19-22(18-31)14-23-5-3-11-32-26(23)8-10-30-32/h2-11,15-16,22,29H,12-14,17-19H2,1H3. The Balaban J connectivity index is 1.29. The lowest BCUT2D eigenvalue weighted by atomic mass is 9.99. The third-order valence-electron chi connectivity index (χ3n) is 6.35. The number of anilines is 1. The van der Waals surface area contributed by atoms with Crippen LogP contribution in [0.2, 0.25) is 0 Å². The number of amides is 1. The number of carbonyl (C=O) groups is 1. The minimum absolute atomic E-state index is 0.0440. The summed E-state index contributed by atoms with van der Waals surface area (Å²) in [5.74, 6) is 0.267. The van der Waals surface area contributed by atoms with Crippen molar-refractivity contribution >= 4 is 17.1 Å². The fourth-order valence-electron chi connectivity index (χ4n) is 4.51. The van der Waals surface area contributed by atoms with Crippen molar-refractivity contribution in [2.24, 2.45) is 5.92 Å². The lowest BCUT2D eigenvalue weighted by Gasteiger charge is -2.24. The minimum Gasteiger partial charge on any atom is -0.381 e. The van der Waals surface area contributed by atoms with Crippen molar-refractivity contribution < 1.29 is 9.53 Å². The van der Waals surface area contributed by atoms with Crippen molar-refractivity contribution in [1.82, 2.24) is 19.5 Å². The number of hydrogen-bond donors (Lipinski definition) is 1. The highest BCUT2D eigenvalue weighted by Crippen LogP contribution is 2.22. The minimum atomic E-state index is 0.0440. The lowest BCUT2D eigenvalue weighted by Crippen LogP contribution is -2.36. The molecule has 1 fully saturated rings. The molecule has 1 unspecified atom stereocenters. The van der Waals surface area contributed by atoms with E-state index in [1.54, 1.807) is 6.20 Å². The molecule has 4 heterocycles. The van der Waals surface area contributed by atoms with Gasteiger partial charge in [0.2, 0.25) is 0 Å². The molecule has 1 aliphatic rings. The zero-order valence-corrected chi connectivity index (χ0v) is 19.4. The zero-order valence-electron chi connectivity index (χ0n) is 19.4. The first kappa shape index (κ1) is 22.1. The molecular formula is C27H29N5O2. The summed E-state index contributed by atoms with van der Waals surface area (Å²) in [7, 11) is 0. The summed E-state index contributed by atoms with van der Waals surface area (Å²) in [4.78, 5) is 19.6. The number of aromatic nitrogens is 3. The Morgan fingerprint density at radius 2 is 2.12 bits per heavy atom. The number of pyridine rings is 2. The molecule has 0 radical (unpaired) electrons. The molecule has 0 aliphatic carbocycles. The van der Waals surface area contributed by atoms with Gasteiger partial charge in [0, 0.05) is 61.6 Å². The number of nitrogens with zero attached hydrogens (tertiary/aromatic N) is 4. The molecule has 1 aliphatic heterocycles. The summed E-state index contributed by atoms with van der Waals surface area (Å²) in [5, 5.41) is 7.79. The van der Waals surface area contributed by atoms with E-state index in [0.717, 1.165) is 28.8 Å². The van der Waals surface area contributed by atoms with Crippen molar-refractivity contribution in [2.75, 3.05) is 31.6 Å². The average molecular weight is 456 g/mol. The van der Waals surface area contributed by atoms with Gasteiger partial charge in [0.05, 0.1) is 18.7 Å². The van der Waals surface area contributed by atoms with Crippen LogP contribution in [0.15, 0.2) is 73.3 Å². The second-order valence-electron chi connectivity index (χ2n) is 8.84. The summed E-state index contributed by atoms with van der Waals surface area (Å²) >= 11 is 0. The van der Waals surface area contributed by atoms with Gasteiger partial charge >= 0.3 is 0 Å². The molecule has 3 aromatic heterocycles. The Hall–Kier alpha value is -3.71. The number of nitrogens with one attached hydrogen (secondary N) is 1. The van der Waals surface area contributed by atoms with Crippen LogP contribution in [0.25, 0.3) is 5.52 Å². The van der Waals surface area contributed by atoms with Crippen molar-refractivity contribution in [1.29, 1.82) is 0 Å². The van der Waals surface area contributed by atoms with Gasteiger partial charge in [0.1, 0.15) is 0 Å². The third kappa shape index (κ3) is 4.94. The van der Waals surface area contributed by atoms with Crippen LogP contribution < -0.4 is 5.32 Å². The molecule has 1 amide bonds. The maximum atomic E-state index is 13.5. The second kappa shape index (κ2) is 10.1. The topological polar surface area (TPSA) is 71.8 Å². The summed E-state index contributed by atoms with van der Waals surface area (Å²) < 4.78 is 7.78. The molecule has 5 rings (SSSR count). The zero-order chi connectivity index (χ0) is 23.3. The van der Waals surface area contributed by atoms with Gasteiger partial charge in [-0.05, 0) is 60.4 Å². The average Bonchev–Trinajstić information content (AvgIpc) is 3.24. The Morgan fingerprint density at radius 1 is 1.18 bits per heavy atom. The fraction of sp³-hybridized carbons (Fsp3) is 0.296. The lowest BCUT2D eigenvalue weighted by molar-refractivity contribution is 0.0737. The van der Waals surface area contributed by atoms with Crippen molar-refractivity contribution in [3.8, 4) is 0 Å². The molecule has 1 N–H and O–H groups in total. The number of ether oxygens (including phenoxy) is 1. The SMILES string of the molecule is Cc1ccc(C(=O)N2CCOCC(Cc3cccn4nccc34)C2)cc1NCc1cccnc1. The van der Waals surface area contributed by atoms with Crippen LogP contribution in [0.3, 0.4) is 0 Å². The summed E-state index contributed by atoms with van der Waals surface area (Å²) in [6.07, 6.45) is 8.22. The maximum Gasteiger partial charge on any atom is 0.254 e. The van der Waals surface area contributed by atoms with Gasteiger partial charge in [0.25, 0.3) is 5.91 Å². The monoisotopic (exact) mass is 455 g/mol.